The fraction of sp³-hybridized carbons (Fsp3) is 0.375. The second kappa shape index (κ2) is 5.15. The molecule has 0 amide bonds. The van der Waals surface area contributed by atoms with Gasteiger partial charge in [0.05, 0.1) is 16.6 Å². The van der Waals surface area contributed by atoms with Gasteiger partial charge in [0.25, 0.3) is 0 Å². The van der Waals surface area contributed by atoms with Crippen molar-refractivity contribution in [3.8, 4) is 17.5 Å². The quantitative estimate of drug-likeness (QED) is 0.593. The van der Waals surface area contributed by atoms with Gasteiger partial charge in [-0.3, -0.25) is 0 Å². The summed E-state index contributed by atoms with van der Waals surface area (Å²) < 4.78 is 2.12. The van der Waals surface area contributed by atoms with Crippen LogP contribution in [0.15, 0.2) is 12.1 Å². The van der Waals surface area contributed by atoms with Crippen molar-refractivity contribution < 1.29 is 0 Å². The van der Waals surface area contributed by atoms with Crippen molar-refractivity contribution in [2.45, 2.75) is 40.0 Å². The highest BCUT2D eigenvalue weighted by molar-refractivity contribution is 6.83. The number of fused-ring (bicyclic) bond motifs is 1. The summed E-state index contributed by atoms with van der Waals surface area (Å²) >= 11 is 0. The van der Waals surface area contributed by atoms with E-state index in [2.05, 4.69) is 53.6 Å². The van der Waals surface area contributed by atoms with Gasteiger partial charge in [-0.05, 0) is 26.0 Å². The van der Waals surface area contributed by atoms with Gasteiger partial charge in [0.1, 0.15) is 20.0 Å². The normalized spacial score (nSPS) is 11.0. The Balaban J connectivity index is 2.68. The van der Waals surface area contributed by atoms with Gasteiger partial charge in [-0.2, -0.15) is 5.26 Å². The zero-order valence-corrected chi connectivity index (χ0v) is 13.7. The summed E-state index contributed by atoms with van der Waals surface area (Å²) in [6.45, 7) is 11.5. The first-order valence-corrected chi connectivity index (χ1v) is 10.3. The molecule has 0 aliphatic carbocycles. The maximum absolute atomic E-state index is 9.34. The lowest BCUT2D eigenvalue weighted by Gasteiger charge is -2.05. The number of aromatic nitrogens is 2. The highest BCUT2D eigenvalue weighted by Crippen LogP contribution is 2.21. The van der Waals surface area contributed by atoms with Crippen molar-refractivity contribution in [3.63, 3.8) is 0 Å². The standard InChI is InChI=1S/C16H19N3Si/c1-6-19-12(2)18-15-9-13(7-8-20(3,4)5)14(11-17)10-16(15)19/h9-10H,6H2,1-5H3. The molecule has 2 aromatic rings. The van der Waals surface area contributed by atoms with Crippen LogP contribution in [0.2, 0.25) is 19.6 Å². The molecule has 0 atom stereocenters. The number of imidazole rings is 1. The Morgan fingerprint density at radius 3 is 2.50 bits per heavy atom. The van der Waals surface area contributed by atoms with Gasteiger partial charge in [-0.1, -0.05) is 25.6 Å². The number of nitriles is 1. The van der Waals surface area contributed by atoms with Crippen molar-refractivity contribution in [1.29, 1.82) is 5.26 Å². The van der Waals surface area contributed by atoms with Crippen LogP contribution in [0.1, 0.15) is 23.9 Å². The number of hydrogen-bond donors (Lipinski definition) is 0. The van der Waals surface area contributed by atoms with Crippen LogP contribution < -0.4 is 0 Å². The third-order valence-electron chi connectivity index (χ3n) is 3.09. The molecule has 0 spiro atoms. The fourth-order valence-corrected chi connectivity index (χ4v) is 2.65. The van der Waals surface area contributed by atoms with Crippen LogP contribution in [0.4, 0.5) is 0 Å². The average Bonchev–Trinajstić information content (AvgIpc) is 2.68. The van der Waals surface area contributed by atoms with E-state index in [0.717, 1.165) is 29.0 Å². The van der Waals surface area contributed by atoms with Gasteiger partial charge in [0.15, 0.2) is 0 Å². The minimum absolute atomic E-state index is 0.637. The zero-order chi connectivity index (χ0) is 14.9. The van der Waals surface area contributed by atoms with Crippen molar-refractivity contribution in [1.82, 2.24) is 9.55 Å². The molecule has 0 aliphatic rings. The molecule has 2 rings (SSSR count). The van der Waals surface area contributed by atoms with E-state index in [1.165, 1.54) is 0 Å². The van der Waals surface area contributed by atoms with Crippen LogP contribution in [0.5, 0.6) is 0 Å². The Kier molecular flexibility index (Phi) is 3.70. The van der Waals surface area contributed by atoms with Gasteiger partial charge < -0.3 is 4.57 Å². The molecule has 0 bridgehead atoms. The lowest BCUT2D eigenvalue weighted by molar-refractivity contribution is 0.753. The minimum Gasteiger partial charge on any atom is -0.328 e. The van der Waals surface area contributed by atoms with Crippen LogP contribution in [0, 0.1) is 29.7 Å². The Bertz CT molecular complexity index is 761. The predicted molar refractivity (Wildman–Crippen MR) is 85.1 cm³/mol. The Hall–Kier alpha value is -2.04. The molecule has 0 aliphatic heterocycles. The van der Waals surface area contributed by atoms with Crippen LogP contribution in [0.25, 0.3) is 11.0 Å². The lowest BCUT2D eigenvalue weighted by atomic mass is 10.1. The van der Waals surface area contributed by atoms with E-state index in [0.29, 0.717) is 5.56 Å². The molecule has 1 heterocycles. The topological polar surface area (TPSA) is 41.6 Å². The van der Waals surface area contributed by atoms with Crippen molar-refractivity contribution in [2.24, 2.45) is 0 Å². The molecule has 4 heteroatoms. The number of hydrogen-bond acceptors (Lipinski definition) is 2. The maximum Gasteiger partial charge on any atom is 0.129 e. The van der Waals surface area contributed by atoms with Gasteiger partial charge in [-0.25, -0.2) is 4.98 Å². The first-order chi connectivity index (χ1) is 9.35. The van der Waals surface area contributed by atoms with Gasteiger partial charge in [-0.15, -0.1) is 5.54 Å². The number of aryl methyl sites for hydroxylation is 2. The Morgan fingerprint density at radius 2 is 1.95 bits per heavy atom. The van der Waals surface area contributed by atoms with Crippen LogP contribution >= 0.6 is 0 Å². The third kappa shape index (κ3) is 2.76. The van der Waals surface area contributed by atoms with Gasteiger partial charge in [0, 0.05) is 12.1 Å². The van der Waals surface area contributed by atoms with Crippen LogP contribution in [-0.2, 0) is 6.54 Å². The molecular weight excluding hydrogens is 262 g/mol. The molecule has 1 aromatic heterocycles. The summed E-state index contributed by atoms with van der Waals surface area (Å²) in [5.74, 6) is 4.16. The van der Waals surface area contributed by atoms with Gasteiger partial charge in [0.2, 0.25) is 0 Å². The second-order valence-electron chi connectivity index (χ2n) is 5.90. The fourth-order valence-electron chi connectivity index (χ4n) is 2.14. The smallest absolute Gasteiger partial charge is 0.129 e. The monoisotopic (exact) mass is 281 g/mol. The van der Waals surface area contributed by atoms with Crippen molar-refractivity contribution in [3.05, 3.63) is 29.1 Å². The SMILES string of the molecule is CCn1c(C)nc2cc(C#C[Si](C)(C)C)c(C#N)cc21. The summed E-state index contributed by atoms with van der Waals surface area (Å²) in [5, 5.41) is 9.34. The number of benzene rings is 1. The second-order valence-corrected chi connectivity index (χ2v) is 10.7. The van der Waals surface area contributed by atoms with E-state index in [1.807, 2.05) is 19.1 Å². The molecule has 0 N–H and O–H groups in total. The summed E-state index contributed by atoms with van der Waals surface area (Å²) in [4.78, 5) is 4.56. The van der Waals surface area contributed by atoms with Crippen molar-refractivity contribution >= 4 is 19.1 Å². The molecule has 0 radical (unpaired) electrons. The molecule has 3 nitrogen and oxygen atoms in total. The summed E-state index contributed by atoms with van der Waals surface area (Å²) in [6, 6.07) is 6.11. The molecule has 1 aromatic carbocycles. The van der Waals surface area contributed by atoms with Crippen LogP contribution in [0.3, 0.4) is 0 Å². The van der Waals surface area contributed by atoms with E-state index < -0.39 is 8.07 Å². The zero-order valence-electron chi connectivity index (χ0n) is 12.7. The number of rotatable bonds is 1. The molecule has 0 fully saturated rings. The first-order valence-electron chi connectivity index (χ1n) is 6.80. The summed E-state index contributed by atoms with van der Waals surface area (Å²) in [6.07, 6.45) is 0. The highest BCUT2D eigenvalue weighted by atomic mass is 28.3. The summed E-state index contributed by atoms with van der Waals surface area (Å²) in [7, 11) is -1.45. The average molecular weight is 281 g/mol. The first kappa shape index (κ1) is 14.4. The van der Waals surface area contributed by atoms with E-state index >= 15 is 0 Å². The molecule has 0 unspecified atom stereocenters. The Morgan fingerprint density at radius 1 is 1.25 bits per heavy atom. The maximum atomic E-state index is 9.34. The predicted octanol–water partition coefficient (Wildman–Crippen LogP) is 3.47. The van der Waals surface area contributed by atoms with E-state index in [4.69, 9.17) is 0 Å². The highest BCUT2D eigenvalue weighted by Gasteiger charge is 2.12. The van der Waals surface area contributed by atoms with Crippen molar-refractivity contribution in [2.75, 3.05) is 0 Å². The van der Waals surface area contributed by atoms with Gasteiger partial charge >= 0.3 is 0 Å². The molecule has 0 saturated heterocycles. The molecule has 102 valence electrons. The largest absolute Gasteiger partial charge is 0.328 e. The summed E-state index contributed by atoms with van der Waals surface area (Å²) in [5.41, 5.74) is 6.68. The lowest BCUT2D eigenvalue weighted by Crippen LogP contribution is -2.16. The Labute approximate surface area is 121 Å². The van der Waals surface area contributed by atoms with E-state index in [9.17, 15) is 5.26 Å². The molecule has 0 saturated carbocycles. The molecular formula is C16H19N3Si. The van der Waals surface area contributed by atoms with E-state index in [1.54, 1.807) is 0 Å². The van der Waals surface area contributed by atoms with E-state index in [-0.39, 0.29) is 0 Å². The third-order valence-corrected chi connectivity index (χ3v) is 3.96. The molecule has 20 heavy (non-hydrogen) atoms. The van der Waals surface area contributed by atoms with Crippen LogP contribution in [-0.4, -0.2) is 17.6 Å². The minimum atomic E-state index is -1.45. The number of nitrogens with zero attached hydrogens (tertiary/aromatic N) is 3.